The molecule has 0 radical (unpaired) electrons. The summed E-state index contributed by atoms with van der Waals surface area (Å²) >= 11 is 0. The second-order valence-electron chi connectivity index (χ2n) is 5.75. The van der Waals surface area contributed by atoms with Gasteiger partial charge in [0.1, 0.15) is 0 Å². The molecule has 0 unspecified atom stereocenters. The van der Waals surface area contributed by atoms with E-state index >= 15 is 0 Å². The Bertz CT molecular complexity index is 756. The maximum atomic E-state index is 5.38. The van der Waals surface area contributed by atoms with Crippen LogP contribution in [-0.2, 0) is 11.3 Å². The highest BCUT2D eigenvalue weighted by Crippen LogP contribution is 2.22. The monoisotopic (exact) mass is 336 g/mol. The van der Waals surface area contributed by atoms with Crippen LogP contribution in [0, 0.1) is 0 Å². The van der Waals surface area contributed by atoms with Crippen molar-refractivity contribution in [1.82, 2.24) is 20.1 Å². The van der Waals surface area contributed by atoms with Crippen LogP contribution < -0.4 is 5.32 Å². The maximum absolute atomic E-state index is 5.38. The van der Waals surface area contributed by atoms with Crippen LogP contribution in [0.2, 0.25) is 0 Å². The van der Waals surface area contributed by atoms with Gasteiger partial charge >= 0.3 is 0 Å². The quantitative estimate of drug-likeness (QED) is 0.608. The number of nitrogens with one attached hydrogen (secondary N) is 1. The van der Waals surface area contributed by atoms with Crippen molar-refractivity contribution in [3.63, 3.8) is 0 Å². The average Bonchev–Trinajstić information content (AvgIpc) is 3.10. The highest BCUT2D eigenvalue weighted by atomic mass is 16.5. The Morgan fingerprint density at radius 2 is 2.00 bits per heavy atom. The van der Waals surface area contributed by atoms with Crippen molar-refractivity contribution in [2.24, 2.45) is 0 Å². The Hall–Kier alpha value is -2.50. The molecule has 1 aromatic carbocycles. The Kier molecular flexibility index (Phi) is 6.31. The molecule has 0 bridgehead atoms. The Labute approximate surface area is 148 Å². The van der Waals surface area contributed by atoms with Gasteiger partial charge in [0.05, 0.1) is 11.4 Å². The molecule has 25 heavy (non-hydrogen) atoms. The molecule has 2 heterocycles. The molecule has 0 amide bonds. The molecule has 3 rings (SSSR count). The van der Waals surface area contributed by atoms with Gasteiger partial charge in [-0.3, -0.25) is 4.98 Å². The summed E-state index contributed by atoms with van der Waals surface area (Å²) in [5, 5.41) is 8.27. The number of benzene rings is 1. The fourth-order valence-electron chi connectivity index (χ4n) is 2.66. The zero-order valence-corrected chi connectivity index (χ0v) is 14.6. The third-order valence-corrected chi connectivity index (χ3v) is 3.91. The molecule has 0 saturated carbocycles. The van der Waals surface area contributed by atoms with Gasteiger partial charge < -0.3 is 10.1 Å². The first kappa shape index (κ1) is 17.3. The number of ether oxygens (including phenoxy) is 1. The molecule has 0 aliphatic rings. The molecule has 0 aliphatic carbocycles. The summed E-state index contributed by atoms with van der Waals surface area (Å²) in [6, 6.07) is 14.1. The molecular formula is C20H24N4O. The predicted octanol–water partition coefficient (Wildman–Crippen LogP) is 3.45. The summed E-state index contributed by atoms with van der Waals surface area (Å²) in [6.45, 7) is 5.27. The first-order valence-electron chi connectivity index (χ1n) is 8.71. The Morgan fingerprint density at radius 3 is 2.76 bits per heavy atom. The van der Waals surface area contributed by atoms with E-state index in [9.17, 15) is 0 Å². The van der Waals surface area contributed by atoms with Crippen molar-refractivity contribution in [2.75, 3.05) is 19.8 Å². The van der Waals surface area contributed by atoms with E-state index in [0.29, 0.717) is 0 Å². The van der Waals surface area contributed by atoms with E-state index in [0.717, 1.165) is 55.2 Å². The summed E-state index contributed by atoms with van der Waals surface area (Å²) in [6.07, 6.45) is 6.73. The lowest BCUT2D eigenvalue weighted by Crippen LogP contribution is -2.16. The molecule has 0 saturated heterocycles. The fourth-order valence-corrected chi connectivity index (χ4v) is 2.66. The predicted molar refractivity (Wildman–Crippen MR) is 99.6 cm³/mol. The standard InChI is InChI=1S/C20H24N4O/c1-2-25-13-7-12-22-15-18-16-24(19-9-4-3-5-10-19)23-20(18)17-8-6-11-21-14-17/h3-6,8-11,14,16,22H,2,7,12-13,15H2,1H3. The van der Waals surface area contributed by atoms with Crippen molar-refractivity contribution < 1.29 is 4.74 Å². The van der Waals surface area contributed by atoms with Crippen LogP contribution in [0.4, 0.5) is 0 Å². The minimum absolute atomic E-state index is 0.767. The van der Waals surface area contributed by atoms with Gasteiger partial charge in [0.2, 0.25) is 0 Å². The third kappa shape index (κ3) is 4.75. The molecule has 5 nitrogen and oxygen atoms in total. The van der Waals surface area contributed by atoms with Crippen molar-refractivity contribution in [3.05, 3.63) is 66.6 Å². The number of nitrogens with zero attached hydrogens (tertiary/aromatic N) is 3. The maximum Gasteiger partial charge on any atom is 0.0988 e. The molecular weight excluding hydrogens is 312 g/mol. The highest BCUT2D eigenvalue weighted by Gasteiger charge is 2.12. The average molecular weight is 336 g/mol. The van der Waals surface area contributed by atoms with Crippen LogP contribution in [0.3, 0.4) is 0 Å². The molecule has 0 atom stereocenters. The van der Waals surface area contributed by atoms with Gasteiger partial charge in [0, 0.05) is 49.5 Å². The number of hydrogen-bond acceptors (Lipinski definition) is 4. The van der Waals surface area contributed by atoms with Gasteiger partial charge in [-0.2, -0.15) is 5.10 Å². The second kappa shape index (κ2) is 9.11. The van der Waals surface area contributed by atoms with E-state index in [1.807, 2.05) is 48.1 Å². The van der Waals surface area contributed by atoms with E-state index in [-0.39, 0.29) is 0 Å². The molecule has 1 N–H and O–H groups in total. The van der Waals surface area contributed by atoms with Crippen LogP contribution in [0.15, 0.2) is 61.1 Å². The lowest BCUT2D eigenvalue weighted by atomic mass is 10.1. The number of aromatic nitrogens is 3. The van der Waals surface area contributed by atoms with Crippen molar-refractivity contribution in [1.29, 1.82) is 0 Å². The summed E-state index contributed by atoms with van der Waals surface area (Å²) in [7, 11) is 0. The van der Waals surface area contributed by atoms with Crippen LogP contribution in [0.1, 0.15) is 18.9 Å². The zero-order valence-electron chi connectivity index (χ0n) is 14.6. The molecule has 2 aromatic heterocycles. The van der Waals surface area contributed by atoms with E-state index in [1.54, 1.807) is 6.20 Å². The van der Waals surface area contributed by atoms with E-state index in [1.165, 1.54) is 0 Å². The van der Waals surface area contributed by atoms with Gasteiger partial charge in [-0.15, -0.1) is 0 Å². The summed E-state index contributed by atoms with van der Waals surface area (Å²) in [5.74, 6) is 0. The molecule has 5 heteroatoms. The minimum Gasteiger partial charge on any atom is -0.382 e. The normalized spacial score (nSPS) is 10.9. The lowest BCUT2D eigenvalue weighted by Gasteiger charge is -2.05. The molecule has 0 fully saturated rings. The Balaban J connectivity index is 1.76. The highest BCUT2D eigenvalue weighted by molar-refractivity contribution is 5.62. The number of rotatable bonds is 9. The molecule has 130 valence electrons. The second-order valence-corrected chi connectivity index (χ2v) is 5.75. The van der Waals surface area contributed by atoms with Crippen molar-refractivity contribution >= 4 is 0 Å². The van der Waals surface area contributed by atoms with Gasteiger partial charge in [-0.25, -0.2) is 4.68 Å². The van der Waals surface area contributed by atoms with Gasteiger partial charge in [-0.05, 0) is 44.2 Å². The van der Waals surface area contributed by atoms with E-state index in [2.05, 4.69) is 28.6 Å². The Morgan fingerprint density at radius 1 is 1.12 bits per heavy atom. The first-order chi connectivity index (χ1) is 12.4. The van der Waals surface area contributed by atoms with Crippen molar-refractivity contribution in [3.8, 4) is 16.9 Å². The summed E-state index contributed by atoms with van der Waals surface area (Å²) < 4.78 is 7.31. The molecule has 3 aromatic rings. The minimum atomic E-state index is 0.767. The largest absolute Gasteiger partial charge is 0.382 e. The number of hydrogen-bond donors (Lipinski definition) is 1. The van der Waals surface area contributed by atoms with Crippen LogP contribution in [0.25, 0.3) is 16.9 Å². The van der Waals surface area contributed by atoms with Crippen LogP contribution in [-0.4, -0.2) is 34.5 Å². The number of pyridine rings is 1. The van der Waals surface area contributed by atoms with Crippen molar-refractivity contribution in [2.45, 2.75) is 19.9 Å². The first-order valence-corrected chi connectivity index (χ1v) is 8.71. The van der Waals surface area contributed by atoms with E-state index in [4.69, 9.17) is 9.84 Å². The number of para-hydroxylation sites is 1. The van der Waals surface area contributed by atoms with Gasteiger partial charge in [0.15, 0.2) is 0 Å². The zero-order chi connectivity index (χ0) is 17.3. The van der Waals surface area contributed by atoms with Crippen LogP contribution in [0.5, 0.6) is 0 Å². The SMILES string of the molecule is CCOCCCNCc1cn(-c2ccccc2)nc1-c1cccnc1. The topological polar surface area (TPSA) is 52.0 Å². The van der Waals surface area contributed by atoms with Gasteiger partial charge in [-0.1, -0.05) is 18.2 Å². The summed E-state index contributed by atoms with van der Waals surface area (Å²) in [5.41, 5.74) is 4.21. The van der Waals surface area contributed by atoms with E-state index < -0.39 is 0 Å². The fraction of sp³-hybridized carbons (Fsp3) is 0.300. The van der Waals surface area contributed by atoms with Crippen LogP contribution >= 0.6 is 0 Å². The lowest BCUT2D eigenvalue weighted by molar-refractivity contribution is 0.144. The molecule has 0 aliphatic heterocycles. The summed E-state index contributed by atoms with van der Waals surface area (Å²) in [4.78, 5) is 4.23. The molecule has 0 spiro atoms. The van der Waals surface area contributed by atoms with Gasteiger partial charge in [0.25, 0.3) is 0 Å². The third-order valence-electron chi connectivity index (χ3n) is 3.91. The smallest absolute Gasteiger partial charge is 0.0988 e.